The van der Waals surface area contributed by atoms with E-state index in [2.05, 4.69) is 10.1 Å². The average Bonchev–Trinajstić information content (AvgIpc) is 2.88. The third-order valence-corrected chi connectivity index (χ3v) is 3.23. The van der Waals surface area contributed by atoms with Crippen molar-refractivity contribution >= 4 is 5.65 Å². The second-order valence-corrected chi connectivity index (χ2v) is 4.77. The molecule has 22 heavy (non-hydrogen) atoms. The number of benzene rings is 1. The highest BCUT2D eigenvalue weighted by molar-refractivity contribution is 5.41. The van der Waals surface area contributed by atoms with Crippen LogP contribution in [0.4, 0.5) is 13.2 Å². The van der Waals surface area contributed by atoms with Crippen molar-refractivity contribution in [1.82, 2.24) is 14.6 Å². The SMILES string of the molecule is COc1ccc2nc(Cc3ccc(C(F)(F)F)cc3)nn2c1. The van der Waals surface area contributed by atoms with Crippen molar-refractivity contribution in [2.24, 2.45) is 0 Å². The van der Waals surface area contributed by atoms with Gasteiger partial charge >= 0.3 is 6.18 Å². The van der Waals surface area contributed by atoms with Gasteiger partial charge in [0.15, 0.2) is 11.5 Å². The Bertz CT molecular complexity index is 794. The highest BCUT2D eigenvalue weighted by Crippen LogP contribution is 2.29. The molecule has 0 saturated carbocycles. The number of hydrogen-bond donors (Lipinski definition) is 0. The van der Waals surface area contributed by atoms with Crippen LogP contribution in [0.25, 0.3) is 5.65 Å². The van der Waals surface area contributed by atoms with E-state index in [4.69, 9.17) is 4.74 Å². The van der Waals surface area contributed by atoms with Crippen LogP contribution in [0.1, 0.15) is 17.0 Å². The molecule has 0 bridgehead atoms. The molecule has 0 unspecified atom stereocenters. The van der Waals surface area contributed by atoms with Crippen molar-refractivity contribution in [2.75, 3.05) is 7.11 Å². The van der Waals surface area contributed by atoms with E-state index >= 15 is 0 Å². The van der Waals surface area contributed by atoms with Gasteiger partial charge in [-0.3, -0.25) is 0 Å². The summed E-state index contributed by atoms with van der Waals surface area (Å²) in [6.45, 7) is 0. The van der Waals surface area contributed by atoms with Crippen LogP contribution in [0, 0.1) is 0 Å². The van der Waals surface area contributed by atoms with Crippen LogP contribution in [0.3, 0.4) is 0 Å². The molecule has 0 spiro atoms. The number of methoxy groups -OCH3 is 1. The third-order valence-electron chi connectivity index (χ3n) is 3.23. The zero-order chi connectivity index (χ0) is 15.7. The average molecular weight is 307 g/mol. The molecule has 2 aromatic heterocycles. The molecule has 0 N–H and O–H groups in total. The Morgan fingerprint density at radius 3 is 2.45 bits per heavy atom. The molecule has 0 aliphatic heterocycles. The summed E-state index contributed by atoms with van der Waals surface area (Å²) in [7, 11) is 1.56. The predicted molar refractivity (Wildman–Crippen MR) is 73.8 cm³/mol. The minimum Gasteiger partial charge on any atom is -0.495 e. The monoisotopic (exact) mass is 307 g/mol. The van der Waals surface area contributed by atoms with Gasteiger partial charge in [0.05, 0.1) is 18.9 Å². The van der Waals surface area contributed by atoms with Gasteiger partial charge in [-0.25, -0.2) is 9.50 Å². The lowest BCUT2D eigenvalue weighted by molar-refractivity contribution is -0.137. The predicted octanol–water partition coefficient (Wildman–Crippen LogP) is 3.35. The first-order valence-corrected chi connectivity index (χ1v) is 6.51. The maximum absolute atomic E-state index is 12.5. The first-order chi connectivity index (χ1) is 10.5. The molecule has 0 fully saturated rings. The zero-order valence-corrected chi connectivity index (χ0v) is 11.6. The molecule has 114 valence electrons. The molecule has 0 amide bonds. The van der Waals surface area contributed by atoms with E-state index < -0.39 is 11.7 Å². The highest BCUT2D eigenvalue weighted by Gasteiger charge is 2.29. The van der Waals surface area contributed by atoms with Gasteiger partial charge in [0.2, 0.25) is 0 Å². The molecule has 0 radical (unpaired) electrons. The van der Waals surface area contributed by atoms with Crippen LogP contribution in [0.2, 0.25) is 0 Å². The number of hydrogen-bond acceptors (Lipinski definition) is 3. The number of ether oxygens (including phenoxy) is 1. The molecule has 1 aromatic carbocycles. The van der Waals surface area contributed by atoms with Gasteiger partial charge in [0.1, 0.15) is 5.75 Å². The van der Waals surface area contributed by atoms with Crippen molar-refractivity contribution in [3.63, 3.8) is 0 Å². The Morgan fingerprint density at radius 1 is 1.09 bits per heavy atom. The van der Waals surface area contributed by atoms with Crippen LogP contribution in [0.15, 0.2) is 42.6 Å². The Labute approximate surface area is 124 Å². The van der Waals surface area contributed by atoms with E-state index in [1.807, 2.05) is 0 Å². The smallest absolute Gasteiger partial charge is 0.416 e. The Kier molecular flexibility index (Phi) is 3.48. The number of nitrogens with zero attached hydrogens (tertiary/aromatic N) is 3. The van der Waals surface area contributed by atoms with Gasteiger partial charge in [-0.05, 0) is 29.8 Å². The van der Waals surface area contributed by atoms with Crippen LogP contribution < -0.4 is 4.74 Å². The molecule has 7 heteroatoms. The van der Waals surface area contributed by atoms with Crippen molar-refractivity contribution < 1.29 is 17.9 Å². The third kappa shape index (κ3) is 2.88. The summed E-state index contributed by atoms with van der Waals surface area (Å²) in [4.78, 5) is 4.33. The van der Waals surface area contributed by atoms with E-state index in [1.165, 1.54) is 12.1 Å². The fraction of sp³-hybridized carbons (Fsp3) is 0.200. The van der Waals surface area contributed by atoms with Crippen molar-refractivity contribution in [3.05, 3.63) is 59.5 Å². The van der Waals surface area contributed by atoms with E-state index in [9.17, 15) is 13.2 Å². The summed E-state index contributed by atoms with van der Waals surface area (Å²) < 4.78 is 44.2. The number of pyridine rings is 1. The minimum atomic E-state index is -4.32. The molecule has 3 aromatic rings. The van der Waals surface area contributed by atoms with E-state index in [0.717, 1.165) is 17.7 Å². The molecule has 0 atom stereocenters. The van der Waals surface area contributed by atoms with E-state index in [-0.39, 0.29) is 0 Å². The summed E-state index contributed by atoms with van der Waals surface area (Å²) in [6.07, 6.45) is -2.27. The lowest BCUT2D eigenvalue weighted by Crippen LogP contribution is -2.04. The number of rotatable bonds is 3. The summed E-state index contributed by atoms with van der Waals surface area (Å²) in [6, 6.07) is 8.54. The second-order valence-electron chi connectivity index (χ2n) is 4.77. The van der Waals surface area contributed by atoms with Crippen LogP contribution in [0.5, 0.6) is 5.75 Å². The van der Waals surface area contributed by atoms with Gasteiger partial charge in [0.25, 0.3) is 0 Å². The summed E-state index contributed by atoms with van der Waals surface area (Å²) in [5.74, 6) is 1.19. The van der Waals surface area contributed by atoms with Gasteiger partial charge in [-0.1, -0.05) is 12.1 Å². The first-order valence-electron chi connectivity index (χ1n) is 6.51. The zero-order valence-electron chi connectivity index (χ0n) is 11.6. The summed E-state index contributed by atoms with van der Waals surface area (Å²) in [5, 5.41) is 4.29. The second kappa shape index (κ2) is 5.32. The van der Waals surface area contributed by atoms with Gasteiger partial charge in [0, 0.05) is 6.42 Å². The minimum absolute atomic E-state index is 0.363. The molecular formula is C15H12F3N3O. The molecular weight excluding hydrogens is 295 g/mol. The molecule has 0 saturated heterocycles. The van der Waals surface area contributed by atoms with Crippen molar-refractivity contribution in [3.8, 4) is 5.75 Å². The van der Waals surface area contributed by atoms with Crippen molar-refractivity contribution in [2.45, 2.75) is 12.6 Å². The molecule has 0 aliphatic rings. The van der Waals surface area contributed by atoms with Gasteiger partial charge in [-0.2, -0.15) is 18.3 Å². The van der Waals surface area contributed by atoms with E-state index in [0.29, 0.717) is 23.6 Å². The van der Waals surface area contributed by atoms with Crippen LogP contribution in [-0.2, 0) is 12.6 Å². The summed E-state index contributed by atoms with van der Waals surface area (Å²) >= 11 is 0. The highest BCUT2D eigenvalue weighted by atomic mass is 19.4. The number of alkyl halides is 3. The maximum atomic E-state index is 12.5. The number of aromatic nitrogens is 3. The largest absolute Gasteiger partial charge is 0.495 e. The van der Waals surface area contributed by atoms with Crippen molar-refractivity contribution in [1.29, 1.82) is 0 Å². The Morgan fingerprint density at radius 2 is 1.82 bits per heavy atom. The Balaban J connectivity index is 1.83. The molecule has 4 nitrogen and oxygen atoms in total. The van der Waals surface area contributed by atoms with Gasteiger partial charge in [-0.15, -0.1) is 0 Å². The molecule has 2 heterocycles. The Hall–Kier alpha value is -2.57. The molecule has 0 aliphatic carbocycles. The fourth-order valence-corrected chi connectivity index (χ4v) is 2.10. The van der Waals surface area contributed by atoms with Gasteiger partial charge < -0.3 is 4.74 Å². The quantitative estimate of drug-likeness (QED) is 0.745. The normalized spacial score (nSPS) is 11.8. The van der Waals surface area contributed by atoms with E-state index in [1.54, 1.807) is 30.0 Å². The number of fused-ring (bicyclic) bond motifs is 1. The number of halogens is 3. The molecule has 3 rings (SSSR count). The first kappa shape index (κ1) is 14.4. The fourth-order valence-electron chi connectivity index (χ4n) is 2.10. The summed E-state index contributed by atoms with van der Waals surface area (Å²) in [5.41, 5.74) is 0.711. The standard InChI is InChI=1S/C15H12F3N3O/c1-22-12-6-7-14-19-13(20-21(14)9-12)8-10-2-4-11(5-3-10)15(16,17)18/h2-7,9H,8H2,1H3. The lowest BCUT2D eigenvalue weighted by atomic mass is 10.1. The maximum Gasteiger partial charge on any atom is 0.416 e. The lowest BCUT2D eigenvalue weighted by Gasteiger charge is -2.06. The topological polar surface area (TPSA) is 39.4 Å². The van der Waals surface area contributed by atoms with Crippen LogP contribution >= 0.6 is 0 Å². The van der Waals surface area contributed by atoms with Crippen LogP contribution in [-0.4, -0.2) is 21.7 Å².